The Morgan fingerprint density at radius 2 is 1.83 bits per heavy atom. The monoisotopic (exact) mass is 340 g/mol. The van der Waals surface area contributed by atoms with Crippen LogP contribution in [-0.4, -0.2) is 23.2 Å². The maximum atomic E-state index is 5.41. The molecule has 3 rings (SSSR count). The fourth-order valence-corrected chi connectivity index (χ4v) is 3.25. The van der Waals surface area contributed by atoms with Crippen molar-refractivity contribution in [2.75, 3.05) is 23.3 Å². The molecule has 2 N–H and O–H groups in total. The Labute approximate surface area is 149 Å². The second-order valence-electron chi connectivity index (χ2n) is 6.18. The van der Waals surface area contributed by atoms with Crippen molar-refractivity contribution in [3.63, 3.8) is 0 Å². The number of rotatable bonds is 4. The maximum Gasteiger partial charge on any atom is 0.171 e. The van der Waals surface area contributed by atoms with Crippen LogP contribution in [0.2, 0.25) is 0 Å². The SMILES string of the molecule is CC(NC(=S)Nc1ccc(N2CCCCC2)nc1)c1ccccc1. The van der Waals surface area contributed by atoms with Gasteiger partial charge in [-0.3, -0.25) is 0 Å². The van der Waals surface area contributed by atoms with E-state index in [9.17, 15) is 0 Å². The van der Waals surface area contributed by atoms with E-state index in [0.717, 1.165) is 24.6 Å². The first-order chi connectivity index (χ1) is 11.7. The minimum atomic E-state index is 0.159. The summed E-state index contributed by atoms with van der Waals surface area (Å²) in [5.41, 5.74) is 2.12. The smallest absolute Gasteiger partial charge is 0.171 e. The quantitative estimate of drug-likeness (QED) is 0.819. The normalized spacial score (nSPS) is 15.6. The molecule has 0 saturated carbocycles. The average Bonchev–Trinajstić information content (AvgIpc) is 2.64. The summed E-state index contributed by atoms with van der Waals surface area (Å²) < 4.78 is 0. The number of benzene rings is 1. The third-order valence-corrected chi connectivity index (χ3v) is 4.55. The van der Waals surface area contributed by atoms with Gasteiger partial charge in [-0.1, -0.05) is 30.3 Å². The van der Waals surface area contributed by atoms with E-state index in [1.165, 1.54) is 24.8 Å². The molecule has 1 fully saturated rings. The predicted molar refractivity (Wildman–Crippen MR) is 105 cm³/mol. The molecule has 0 radical (unpaired) electrons. The molecule has 1 saturated heterocycles. The van der Waals surface area contributed by atoms with Gasteiger partial charge in [-0.05, 0) is 56.1 Å². The van der Waals surface area contributed by atoms with Gasteiger partial charge in [0, 0.05) is 13.1 Å². The van der Waals surface area contributed by atoms with Gasteiger partial charge in [0.2, 0.25) is 0 Å². The number of nitrogens with zero attached hydrogens (tertiary/aromatic N) is 2. The van der Waals surface area contributed by atoms with Gasteiger partial charge >= 0.3 is 0 Å². The van der Waals surface area contributed by atoms with E-state index < -0.39 is 0 Å². The van der Waals surface area contributed by atoms with Crippen molar-refractivity contribution in [1.82, 2.24) is 10.3 Å². The van der Waals surface area contributed by atoms with Crippen LogP contribution in [0.1, 0.15) is 37.8 Å². The highest BCUT2D eigenvalue weighted by Gasteiger charge is 2.12. The number of piperidine rings is 1. The molecular weight excluding hydrogens is 316 g/mol. The fourth-order valence-electron chi connectivity index (χ4n) is 2.96. The minimum Gasteiger partial charge on any atom is -0.357 e. The summed E-state index contributed by atoms with van der Waals surface area (Å²) in [5.74, 6) is 1.05. The molecule has 0 bridgehead atoms. The van der Waals surface area contributed by atoms with E-state index in [2.05, 4.69) is 45.6 Å². The highest BCUT2D eigenvalue weighted by Crippen LogP contribution is 2.19. The van der Waals surface area contributed by atoms with Crippen LogP contribution >= 0.6 is 12.2 Å². The van der Waals surface area contributed by atoms with Gasteiger partial charge in [0.15, 0.2) is 5.11 Å². The molecule has 2 heterocycles. The molecule has 24 heavy (non-hydrogen) atoms. The molecule has 0 amide bonds. The number of nitrogens with one attached hydrogen (secondary N) is 2. The number of hydrogen-bond donors (Lipinski definition) is 2. The topological polar surface area (TPSA) is 40.2 Å². The standard InChI is InChI=1S/C19H24N4S/c1-15(16-8-4-2-5-9-16)21-19(24)22-17-10-11-18(20-14-17)23-12-6-3-7-13-23/h2,4-5,8-11,14-15H,3,6-7,12-13H2,1H3,(H2,21,22,24). The average molecular weight is 340 g/mol. The molecule has 0 aliphatic carbocycles. The van der Waals surface area contributed by atoms with Gasteiger partial charge in [-0.25, -0.2) is 4.98 Å². The molecule has 0 spiro atoms. The van der Waals surface area contributed by atoms with Crippen LogP contribution in [0.4, 0.5) is 11.5 Å². The van der Waals surface area contributed by atoms with Gasteiger partial charge in [-0.2, -0.15) is 0 Å². The van der Waals surface area contributed by atoms with Crippen LogP contribution in [0.15, 0.2) is 48.7 Å². The zero-order valence-electron chi connectivity index (χ0n) is 14.0. The van der Waals surface area contributed by atoms with E-state index in [4.69, 9.17) is 12.2 Å². The van der Waals surface area contributed by atoms with Crippen LogP contribution in [0.5, 0.6) is 0 Å². The van der Waals surface area contributed by atoms with Gasteiger partial charge in [0.1, 0.15) is 5.82 Å². The number of thiocarbonyl (C=S) groups is 1. The third kappa shape index (κ3) is 4.45. The highest BCUT2D eigenvalue weighted by molar-refractivity contribution is 7.80. The molecule has 126 valence electrons. The minimum absolute atomic E-state index is 0.159. The summed E-state index contributed by atoms with van der Waals surface area (Å²) >= 11 is 5.41. The van der Waals surface area contributed by atoms with Crippen molar-refractivity contribution in [2.24, 2.45) is 0 Å². The van der Waals surface area contributed by atoms with Crippen molar-refractivity contribution >= 4 is 28.8 Å². The molecule has 5 heteroatoms. The third-order valence-electron chi connectivity index (χ3n) is 4.33. The molecule has 1 aromatic heterocycles. The number of anilines is 2. The van der Waals surface area contributed by atoms with Crippen LogP contribution in [0.25, 0.3) is 0 Å². The van der Waals surface area contributed by atoms with Crippen molar-refractivity contribution in [3.05, 3.63) is 54.2 Å². The Bertz CT molecular complexity index is 651. The lowest BCUT2D eigenvalue weighted by molar-refractivity contribution is 0.573. The second-order valence-corrected chi connectivity index (χ2v) is 6.59. The van der Waals surface area contributed by atoms with Crippen molar-refractivity contribution < 1.29 is 0 Å². The van der Waals surface area contributed by atoms with Gasteiger partial charge in [0.25, 0.3) is 0 Å². The summed E-state index contributed by atoms with van der Waals surface area (Å²) in [7, 11) is 0. The van der Waals surface area contributed by atoms with Gasteiger partial charge in [0.05, 0.1) is 17.9 Å². The lowest BCUT2D eigenvalue weighted by Crippen LogP contribution is -2.31. The van der Waals surface area contributed by atoms with E-state index >= 15 is 0 Å². The summed E-state index contributed by atoms with van der Waals surface area (Å²) in [4.78, 5) is 6.92. The zero-order chi connectivity index (χ0) is 16.8. The van der Waals surface area contributed by atoms with Crippen molar-refractivity contribution in [1.29, 1.82) is 0 Å². The van der Waals surface area contributed by atoms with Gasteiger partial charge < -0.3 is 15.5 Å². The summed E-state index contributed by atoms with van der Waals surface area (Å²) in [5, 5.41) is 7.13. The Morgan fingerprint density at radius 1 is 1.08 bits per heavy atom. The maximum absolute atomic E-state index is 5.41. The van der Waals surface area contributed by atoms with E-state index in [-0.39, 0.29) is 6.04 Å². The Balaban J connectivity index is 1.54. The van der Waals surface area contributed by atoms with E-state index in [0.29, 0.717) is 5.11 Å². The Hall–Kier alpha value is -2.14. The lowest BCUT2D eigenvalue weighted by atomic mass is 10.1. The first-order valence-electron chi connectivity index (χ1n) is 8.56. The van der Waals surface area contributed by atoms with Crippen molar-refractivity contribution in [2.45, 2.75) is 32.2 Å². The predicted octanol–water partition coefficient (Wildman–Crippen LogP) is 4.12. The zero-order valence-corrected chi connectivity index (χ0v) is 14.9. The molecule has 1 aliphatic rings. The molecular formula is C19H24N4S. The molecule has 1 aromatic carbocycles. The Kier molecular flexibility index (Phi) is 5.64. The van der Waals surface area contributed by atoms with Gasteiger partial charge in [-0.15, -0.1) is 0 Å². The van der Waals surface area contributed by atoms with Crippen LogP contribution in [0, 0.1) is 0 Å². The largest absolute Gasteiger partial charge is 0.357 e. The molecule has 1 atom stereocenters. The first kappa shape index (κ1) is 16.7. The first-order valence-corrected chi connectivity index (χ1v) is 8.96. The molecule has 1 unspecified atom stereocenters. The summed E-state index contributed by atoms with van der Waals surface area (Å²) in [6, 6.07) is 14.5. The van der Waals surface area contributed by atoms with E-state index in [1.807, 2.05) is 30.5 Å². The Morgan fingerprint density at radius 3 is 2.50 bits per heavy atom. The summed E-state index contributed by atoms with van der Waals surface area (Å²) in [6.07, 6.45) is 5.70. The molecule has 4 nitrogen and oxygen atoms in total. The molecule has 1 aliphatic heterocycles. The number of pyridine rings is 1. The highest BCUT2D eigenvalue weighted by atomic mass is 32.1. The number of aromatic nitrogens is 1. The summed E-state index contributed by atoms with van der Waals surface area (Å²) in [6.45, 7) is 4.31. The van der Waals surface area contributed by atoms with Crippen LogP contribution in [-0.2, 0) is 0 Å². The molecule has 2 aromatic rings. The second kappa shape index (κ2) is 8.11. The fraction of sp³-hybridized carbons (Fsp3) is 0.368. The number of hydrogen-bond acceptors (Lipinski definition) is 3. The van der Waals surface area contributed by atoms with Crippen LogP contribution in [0.3, 0.4) is 0 Å². The van der Waals surface area contributed by atoms with Crippen LogP contribution < -0.4 is 15.5 Å². The lowest BCUT2D eigenvalue weighted by Gasteiger charge is -2.27. The van der Waals surface area contributed by atoms with E-state index in [1.54, 1.807) is 0 Å². The van der Waals surface area contributed by atoms with Crippen molar-refractivity contribution in [3.8, 4) is 0 Å².